The molecular weight excluding hydrogens is 299 g/mol. The van der Waals surface area contributed by atoms with Crippen molar-refractivity contribution in [2.75, 3.05) is 24.6 Å². The van der Waals surface area contributed by atoms with Crippen LogP contribution in [0, 0.1) is 0 Å². The second-order valence-corrected chi connectivity index (χ2v) is 4.38. The van der Waals surface area contributed by atoms with Crippen LogP contribution in [-0.2, 0) is 6.18 Å². The standard InChI is InChI=1S/C11H13BrF3NO/c1-2-16(5-6-17)10-4-3-8(12)7-9(10)11(13,14)15/h3-4,7,17H,2,5-6H2,1H3. The van der Waals surface area contributed by atoms with Crippen molar-refractivity contribution in [1.82, 2.24) is 0 Å². The minimum Gasteiger partial charge on any atom is -0.395 e. The van der Waals surface area contributed by atoms with Crippen molar-refractivity contribution in [3.63, 3.8) is 0 Å². The topological polar surface area (TPSA) is 23.5 Å². The van der Waals surface area contributed by atoms with Gasteiger partial charge in [0.2, 0.25) is 0 Å². The number of benzene rings is 1. The van der Waals surface area contributed by atoms with Crippen LogP contribution in [0.25, 0.3) is 0 Å². The summed E-state index contributed by atoms with van der Waals surface area (Å²) in [5.74, 6) is 0. The number of hydrogen-bond donors (Lipinski definition) is 1. The van der Waals surface area contributed by atoms with Crippen molar-refractivity contribution in [2.24, 2.45) is 0 Å². The number of nitrogens with zero attached hydrogens (tertiary/aromatic N) is 1. The summed E-state index contributed by atoms with van der Waals surface area (Å²) in [4.78, 5) is 1.50. The predicted octanol–water partition coefficient (Wildman–Crippen LogP) is 3.29. The Hall–Kier alpha value is -0.750. The lowest BCUT2D eigenvalue weighted by molar-refractivity contribution is -0.137. The van der Waals surface area contributed by atoms with E-state index in [1.807, 2.05) is 0 Å². The number of alkyl halides is 3. The normalized spacial score (nSPS) is 11.6. The van der Waals surface area contributed by atoms with Crippen LogP contribution in [0.15, 0.2) is 22.7 Å². The maximum absolute atomic E-state index is 12.9. The Labute approximate surface area is 106 Å². The molecule has 0 aliphatic rings. The van der Waals surface area contributed by atoms with Gasteiger partial charge in [-0.1, -0.05) is 15.9 Å². The molecule has 0 unspecified atom stereocenters. The Morgan fingerprint density at radius 2 is 2.00 bits per heavy atom. The lowest BCUT2D eigenvalue weighted by Gasteiger charge is -2.25. The maximum Gasteiger partial charge on any atom is 0.418 e. The number of halogens is 4. The van der Waals surface area contributed by atoms with E-state index in [1.54, 1.807) is 13.0 Å². The van der Waals surface area contributed by atoms with E-state index in [1.165, 1.54) is 11.0 Å². The van der Waals surface area contributed by atoms with Crippen molar-refractivity contribution in [2.45, 2.75) is 13.1 Å². The number of hydrogen-bond acceptors (Lipinski definition) is 2. The van der Waals surface area contributed by atoms with Gasteiger partial charge in [0.1, 0.15) is 0 Å². The van der Waals surface area contributed by atoms with Crippen molar-refractivity contribution < 1.29 is 18.3 Å². The molecule has 6 heteroatoms. The van der Waals surface area contributed by atoms with E-state index < -0.39 is 11.7 Å². The van der Waals surface area contributed by atoms with Crippen LogP contribution < -0.4 is 4.90 Å². The smallest absolute Gasteiger partial charge is 0.395 e. The Kier molecular flexibility index (Phi) is 4.82. The third kappa shape index (κ3) is 3.61. The fourth-order valence-electron chi connectivity index (χ4n) is 1.58. The first-order chi connectivity index (χ1) is 7.90. The van der Waals surface area contributed by atoms with Gasteiger partial charge in [0.15, 0.2) is 0 Å². The number of anilines is 1. The Bertz CT molecular complexity index is 381. The molecule has 17 heavy (non-hydrogen) atoms. The third-order valence-corrected chi connectivity index (χ3v) is 2.85. The predicted molar refractivity (Wildman–Crippen MR) is 64.1 cm³/mol. The van der Waals surface area contributed by atoms with Crippen LogP contribution in [-0.4, -0.2) is 24.8 Å². The highest BCUT2D eigenvalue weighted by atomic mass is 79.9. The van der Waals surface area contributed by atoms with Crippen molar-refractivity contribution in [1.29, 1.82) is 0 Å². The fraction of sp³-hybridized carbons (Fsp3) is 0.455. The quantitative estimate of drug-likeness (QED) is 0.922. The molecule has 0 bridgehead atoms. The van der Waals surface area contributed by atoms with E-state index in [-0.39, 0.29) is 18.8 Å². The molecule has 1 aromatic carbocycles. The molecule has 0 heterocycles. The van der Waals surface area contributed by atoms with Gasteiger partial charge >= 0.3 is 6.18 Å². The van der Waals surface area contributed by atoms with Gasteiger partial charge in [-0.05, 0) is 25.1 Å². The molecule has 0 atom stereocenters. The summed E-state index contributed by atoms with van der Waals surface area (Å²) in [7, 11) is 0. The van der Waals surface area contributed by atoms with E-state index in [2.05, 4.69) is 15.9 Å². The van der Waals surface area contributed by atoms with Gasteiger partial charge in [-0.3, -0.25) is 0 Å². The number of aliphatic hydroxyl groups is 1. The van der Waals surface area contributed by atoms with Gasteiger partial charge in [-0.2, -0.15) is 13.2 Å². The van der Waals surface area contributed by atoms with E-state index in [0.29, 0.717) is 11.0 Å². The average Bonchev–Trinajstić information content (AvgIpc) is 2.25. The molecule has 1 aromatic rings. The fourth-order valence-corrected chi connectivity index (χ4v) is 1.94. The van der Waals surface area contributed by atoms with Gasteiger partial charge in [0, 0.05) is 23.2 Å². The van der Waals surface area contributed by atoms with E-state index in [9.17, 15) is 13.2 Å². The molecule has 96 valence electrons. The van der Waals surface area contributed by atoms with Crippen molar-refractivity contribution in [3.05, 3.63) is 28.2 Å². The zero-order valence-corrected chi connectivity index (χ0v) is 10.8. The number of likely N-dealkylation sites (N-methyl/N-ethyl adjacent to an activating group) is 1. The molecule has 0 aliphatic heterocycles. The highest BCUT2D eigenvalue weighted by Crippen LogP contribution is 2.38. The summed E-state index contributed by atoms with van der Waals surface area (Å²) in [5.41, 5.74) is -0.598. The second-order valence-electron chi connectivity index (χ2n) is 3.46. The van der Waals surface area contributed by atoms with Crippen LogP contribution in [0.4, 0.5) is 18.9 Å². The minimum atomic E-state index is -4.40. The highest BCUT2D eigenvalue weighted by Gasteiger charge is 2.34. The molecule has 0 spiro atoms. The molecule has 0 aliphatic carbocycles. The number of rotatable bonds is 4. The summed E-state index contributed by atoms with van der Waals surface area (Å²) in [5, 5.41) is 8.85. The van der Waals surface area contributed by atoms with Crippen LogP contribution in [0.2, 0.25) is 0 Å². The lowest BCUT2D eigenvalue weighted by atomic mass is 10.1. The molecule has 1 rings (SSSR count). The van der Waals surface area contributed by atoms with Gasteiger partial charge in [0.25, 0.3) is 0 Å². The summed E-state index contributed by atoms with van der Waals surface area (Å²) >= 11 is 3.03. The second kappa shape index (κ2) is 5.73. The molecule has 0 amide bonds. The summed E-state index contributed by atoms with van der Waals surface area (Å²) in [6.45, 7) is 2.16. The van der Waals surface area contributed by atoms with Gasteiger partial charge in [-0.15, -0.1) is 0 Å². The summed E-state index contributed by atoms with van der Waals surface area (Å²) in [6, 6.07) is 4.02. The minimum absolute atomic E-state index is 0.0947. The summed E-state index contributed by atoms with van der Waals surface area (Å²) in [6.07, 6.45) is -4.40. The lowest BCUT2D eigenvalue weighted by Crippen LogP contribution is -2.28. The van der Waals surface area contributed by atoms with Gasteiger partial charge in [0.05, 0.1) is 12.2 Å². The first-order valence-corrected chi connectivity index (χ1v) is 5.92. The van der Waals surface area contributed by atoms with E-state index in [4.69, 9.17) is 5.11 Å². The van der Waals surface area contributed by atoms with Gasteiger partial charge < -0.3 is 10.0 Å². The van der Waals surface area contributed by atoms with Gasteiger partial charge in [-0.25, -0.2) is 0 Å². The molecule has 2 nitrogen and oxygen atoms in total. The van der Waals surface area contributed by atoms with Crippen LogP contribution >= 0.6 is 15.9 Å². The Morgan fingerprint density at radius 1 is 1.35 bits per heavy atom. The van der Waals surface area contributed by atoms with Crippen LogP contribution in [0.1, 0.15) is 12.5 Å². The first kappa shape index (κ1) is 14.3. The van der Waals surface area contributed by atoms with Crippen LogP contribution in [0.3, 0.4) is 0 Å². The monoisotopic (exact) mass is 311 g/mol. The highest BCUT2D eigenvalue weighted by molar-refractivity contribution is 9.10. The SMILES string of the molecule is CCN(CCO)c1ccc(Br)cc1C(F)(F)F. The first-order valence-electron chi connectivity index (χ1n) is 5.12. The molecule has 0 saturated heterocycles. The van der Waals surface area contributed by atoms with Crippen LogP contribution in [0.5, 0.6) is 0 Å². The Balaban J connectivity index is 3.22. The van der Waals surface area contributed by atoms with E-state index >= 15 is 0 Å². The van der Waals surface area contributed by atoms with Crippen molar-refractivity contribution >= 4 is 21.6 Å². The molecule has 0 radical (unpaired) electrons. The molecule has 0 saturated carbocycles. The zero-order chi connectivity index (χ0) is 13.1. The molecule has 0 fully saturated rings. The third-order valence-electron chi connectivity index (χ3n) is 2.36. The average molecular weight is 312 g/mol. The molecule has 1 N–H and O–H groups in total. The molecular formula is C11H13BrF3NO. The van der Waals surface area contributed by atoms with E-state index in [0.717, 1.165) is 6.07 Å². The Morgan fingerprint density at radius 3 is 2.47 bits per heavy atom. The molecule has 0 aromatic heterocycles. The van der Waals surface area contributed by atoms with Crippen molar-refractivity contribution in [3.8, 4) is 0 Å². The summed E-state index contributed by atoms with van der Waals surface area (Å²) < 4.78 is 38.9. The zero-order valence-electron chi connectivity index (χ0n) is 9.26. The maximum atomic E-state index is 12.9. The largest absolute Gasteiger partial charge is 0.418 e. The number of aliphatic hydroxyl groups excluding tert-OH is 1.